The molecule has 1 aliphatic rings. The van der Waals surface area contributed by atoms with Crippen molar-refractivity contribution in [1.82, 2.24) is 4.90 Å². The Kier molecular flexibility index (Phi) is 4.85. The van der Waals surface area contributed by atoms with E-state index in [1.54, 1.807) is 0 Å². The minimum atomic E-state index is -4.58. The van der Waals surface area contributed by atoms with Crippen LogP contribution in [0.5, 0.6) is 0 Å². The van der Waals surface area contributed by atoms with Gasteiger partial charge in [-0.1, -0.05) is 12.1 Å². The lowest BCUT2D eigenvalue weighted by Crippen LogP contribution is -2.59. The fraction of sp³-hybridized carbons (Fsp3) is 0.818. The van der Waals surface area contributed by atoms with Gasteiger partial charge < -0.3 is 20.9 Å². The summed E-state index contributed by atoms with van der Waals surface area (Å²) in [6.07, 6.45) is -4.13. The maximum absolute atomic E-state index is 12.5. The molecule has 4 N–H and O–H groups in total. The Morgan fingerprint density at radius 3 is 2.40 bits per heavy atom. The number of amidine groups is 1. The maximum atomic E-state index is 12.5. The summed E-state index contributed by atoms with van der Waals surface area (Å²) < 4.78 is 37.4. The Bertz CT molecular complexity index is 392. The molecule has 0 spiro atoms. The second kappa shape index (κ2) is 5.86. The molecule has 116 valence electrons. The minimum absolute atomic E-state index is 0.0983. The lowest BCUT2D eigenvalue weighted by molar-refractivity contribution is -0.170. The van der Waals surface area contributed by atoms with Gasteiger partial charge in [-0.25, -0.2) is 0 Å². The van der Waals surface area contributed by atoms with Crippen LogP contribution < -0.4 is 5.73 Å². The van der Waals surface area contributed by atoms with E-state index in [1.165, 1.54) is 0 Å². The molecule has 9 heteroatoms. The third-order valence-corrected chi connectivity index (χ3v) is 3.43. The van der Waals surface area contributed by atoms with E-state index in [-0.39, 0.29) is 24.6 Å². The fourth-order valence-corrected chi connectivity index (χ4v) is 2.61. The third kappa shape index (κ3) is 3.33. The normalized spacial score (nSPS) is 27.1. The number of aliphatic hydroxyl groups excluding tert-OH is 1. The van der Waals surface area contributed by atoms with Crippen molar-refractivity contribution in [3.05, 3.63) is 0 Å². The summed E-state index contributed by atoms with van der Waals surface area (Å²) in [5.41, 5.74) is 4.09. The Balaban J connectivity index is 2.97. The Morgan fingerprint density at radius 1 is 1.50 bits per heavy atom. The van der Waals surface area contributed by atoms with Crippen LogP contribution in [0.3, 0.4) is 0 Å². The van der Waals surface area contributed by atoms with Crippen LogP contribution in [0.1, 0.15) is 19.8 Å². The van der Waals surface area contributed by atoms with Crippen LogP contribution in [-0.4, -0.2) is 52.8 Å². The fourth-order valence-electron chi connectivity index (χ4n) is 2.61. The molecule has 1 aliphatic carbocycles. The molecule has 0 saturated heterocycles. The molecular weight excluding hydrogens is 279 g/mol. The second-order valence-corrected chi connectivity index (χ2v) is 5.15. The molecule has 1 amide bonds. The number of aliphatic hydroxyl groups is 1. The first kappa shape index (κ1) is 16.5. The first-order valence-corrected chi connectivity index (χ1v) is 6.11. The summed E-state index contributed by atoms with van der Waals surface area (Å²) in [5, 5.41) is 20.3. The molecule has 0 unspecified atom stereocenters. The van der Waals surface area contributed by atoms with E-state index in [9.17, 15) is 18.0 Å². The van der Waals surface area contributed by atoms with Gasteiger partial charge in [0, 0.05) is 6.54 Å². The molecule has 0 aromatic rings. The minimum Gasteiger partial charge on any atom is -0.409 e. The number of halogens is 3. The number of nitrogens with two attached hydrogens (primary N) is 1. The van der Waals surface area contributed by atoms with Gasteiger partial charge in [0.2, 0.25) is 5.91 Å². The average Bonchev–Trinajstić information content (AvgIpc) is 2.30. The highest BCUT2D eigenvalue weighted by atomic mass is 19.4. The van der Waals surface area contributed by atoms with E-state index in [1.807, 2.05) is 6.92 Å². The molecule has 0 aromatic carbocycles. The average molecular weight is 297 g/mol. The third-order valence-electron chi connectivity index (χ3n) is 3.43. The molecule has 1 rings (SSSR count). The molecule has 0 bridgehead atoms. The topological polar surface area (TPSA) is 99.2 Å². The first-order valence-electron chi connectivity index (χ1n) is 6.11. The molecule has 0 radical (unpaired) electrons. The van der Waals surface area contributed by atoms with Crippen LogP contribution in [0.15, 0.2) is 5.16 Å². The van der Waals surface area contributed by atoms with E-state index in [4.69, 9.17) is 16.0 Å². The number of nitrogens with zero attached hydrogens (tertiary/aromatic N) is 2. The highest BCUT2D eigenvalue weighted by Crippen LogP contribution is 2.47. The van der Waals surface area contributed by atoms with Crippen molar-refractivity contribution < 1.29 is 28.3 Å². The summed E-state index contributed by atoms with van der Waals surface area (Å²) in [5.74, 6) is -1.15. The van der Waals surface area contributed by atoms with Crippen molar-refractivity contribution in [2.45, 2.75) is 25.9 Å². The summed E-state index contributed by atoms with van der Waals surface area (Å²) in [6.45, 7) is -0.700. The highest BCUT2D eigenvalue weighted by Gasteiger charge is 2.54. The van der Waals surface area contributed by atoms with Crippen molar-refractivity contribution in [2.24, 2.45) is 22.2 Å². The molecular formula is C11H18F3N3O3. The van der Waals surface area contributed by atoms with Crippen LogP contribution in [0, 0.1) is 11.3 Å². The zero-order chi connectivity index (χ0) is 15.6. The van der Waals surface area contributed by atoms with Crippen molar-refractivity contribution in [1.29, 1.82) is 0 Å². The van der Waals surface area contributed by atoms with Crippen molar-refractivity contribution in [3.63, 3.8) is 0 Å². The number of carbonyl (C=O) groups is 1. The molecule has 1 fully saturated rings. The second-order valence-electron chi connectivity index (χ2n) is 5.15. The summed E-state index contributed by atoms with van der Waals surface area (Å²) in [7, 11) is 0. The van der Waals surface area contributed by atoms with E-state index in [0.29, 0.717) is 4.90 Å². The molecule has 1 saturated carbocycles. The molecule has 0 atom stereocenters. The van der Waals surface area contributed by atoms with Gasteiger partial charge in [-0.2, -0.15) is 13.2 Å². The number of alkyl halides is 3. The summed E-state index contributed by atoms with van der Waals surface area (Å²) in [4.78, 5) is 12.8. The van der Waals surface area contributed by atoms with Gasteiger partial charge in [-0.3, -0.25) is 4.79 Å². The molecule has 0 heterocycles. The zero-order valence-electron chi connectivity index (χ0n) is 11.0. The van der Waals surface area contributed by atoms with Crippen molar-refractivity contribution in [3.8, 4) is 0 Å². The van der Waals surface area contributed by atoms with Crippen molar-refractivity contribution >= 4 is 11.7 Å². The van der Waals surface area contributed by atoms with Crippen LogP contribution in [0.4, 0.5) is 13.2 Å². The lowest BCUT2D eigenvalue weighted by atomic mass is 9.61. The number of hydrogen-bond donors (Lipinski definition) is 3. The van der Waals surface area contributed by atoms with E-state index >= 15 is 0 Å². The van der Waals surface area contributed by atoms with Crippen LogP contribution in [0.2, 0.25) is 0 Å². The van der Waals surface area contributed by atoms with Crippen LogP contribution in [-0.2, 0) is 4.79 Å². The smallest absolute Gasteiger partial charge is 0.406 e. The number of hydrogen-bond acceptors (Lipinski definition) is 4. The van der Waals surface area contributed by atoms with Crippen LogP contribution >= 0.6 is 0 Å². The molecule has 6 nitrogen and oxygen atoms in total. The van der Waals surface area contributed by atoms with Crippen LogP contribution in [0.25, 0.3) is 0 Å². The van der Waals surface area contributed by atoms with Gasteiger partial charge in [0.1, 0.15) is 12.0 Å². The van der Waals surface area contributed by atoms with Gasteiger partial charge >= 0.3 is 6.18 Å². The number of rotatable bonds is 5. The van der Waals surface area contributed by atoms with E-state index in [0.717, 1.165) is 0 Å². The largest absolute Gasteiger partial charge is 0.409 e. The summed E-state index contributed by atoms with van der Waals surface area (Å²) in [6, 6.07) is 0. The van der Waals surface area contributed by atoms with Gasteiger partial charge in [0.05, 0.1) is 6.61 Å². The van der Waals surface area contributed by atoms with Crippen molar-refractivity contribution in [2.75, 3.05) is 19.7 Å². The Hall–Kier alpha value is -1.51. The maximum Gasteiger partial charge on any atom is 0.406 e. The van der Waals surface area contributed by atoms with Gasteiger partial charge in [0.15, 0.2) is 5.84 Å². The standard InChI is InChI=1S/C11H18F3N3O3/c1-7-4-10(5-7,8(15)16-20)9(19)17(2-3-18)6-11(12,13)14/h7,18,20H,2-6H2,1H3,(H2,15,16). The number of amides is 1. The first-order chi connectivity index (χ1) is 9.16. The predicted molar refractivity (Wildman–Crippen MR) is 64.0 cm³/mol. The van der Waals surface area contributed by atoms with E-state index in [2.05, 4.69) is 5.16 Å². The van der Waals surface area contributed by atoms with Gasteiger partial charge in [-0.05, 0) is 18.8 Å². The SMILES string of the molecule is CC1CC(C(=O)N(CCO)CC(F)(F)F)(C(N)=NO)C1. The molecule has 0 aromatic heterocycles. The zero-order valence-corrected chi connectivity index (χ0v) is 11.0. The summed E-state index contributed by atoms with van der Waals surface area (Å²) >= 11 is 0. The lowest BCUT2D eigenvalue weighted by Gasteiger charge is -2.46. The number of carbonyl (C=O) groups excluding carboxylic acids is 1. The van der Waals surface area contributed by atoms with Gasteiger partial charge in [-0.15, -0.1) is 0 Å². The Labute approximate surface area is 114 Å². The Morgan fingerprint density at radius 2 is 2.05 bits per heavy atom. The van der Waals surface area contributed by atoms with Gasteiger partial charge in [0.25, 0.3) is 0 Å². The quantitative estimate of drug-likeness (QED) is 0.298. The highest BCUT2D eigenvalue weighted by molar-refractivity contribution is 6.07. The predicted octanol–water partition coefficient (Wildman–Crippen LogP) is 0.532. The monoisotopic (exact) mass is 297 g/mol. The number of oxime groups is 1. The molecule has 0 aliphatic heterocycles. The van der Waals surface area contributed by atoms with E-state index < -0.39 is 37.2 Å². The molecule has 20 heavy (non-hydrogen) atoms.